The molecule has 0 saturated carbocycles. The van der Waals surface area contributed by atoms with Gasteiger partial charge in [0.2, 0.25) is 0 Å². The fourth-order valence-corrected chi connectivity index (χ4v) is 2.94. The summed E-state index contributed by atoms with van der Waals surface area (Å²) in [6.45, 7) is 4.13. The lowest BCUT2D eigenvalue weighted by Crippen LogP contribution is -1.95. The van der Waals surface area contributed by atoms with E-state index in [0.29, 0.717) is 0 Å². The van der Waals surface area contributed by atoms with Crippen LogP contribution in [-0.4, -0.2) is 15.0 Å². The summed E-state index contributed by atoms with van der Waals surface area (Å²) < 4.78 is 0. The van der Waals surface area contributed by atoms with E-state index in [1.165, 1.54) is 0 Å². The number of hydrogen-bond donors (Lipinski definition) is 0. The average molecular weight is 337 g/mol. The van der Waals surface area contributed by atoms with E-state index in [1.807, 2.05) is 42.7 Å². The van der Waals surface area contributed by atoms with E-state index in [9.17, 15) is 0 Å². The van der Waals surface area contributed by atoms with Crippen LogP contribution in [0, 0.1) is 13.8 Å². The lowest BCUT2D eigenvalue weighted by atomic mass is 10.0. The van der Waals surface area contributed by atoms with Gasteiger partial charge in [-0.05, 0) is 72.5 Å². The molecular formula is C23H19N3. The Balaban J connectivity index is 1.93. The molecule has 3 heterocycles. The van der Waals surface area contributed by atoms with Gasteiger partial charge >= 0.3 is 0 Å². The first-order chi connectivity index (χ1) is 12.7. The van der Waals surface area contributed by atoms with Crippen LogP contribution in [0.4, 0.5) is 0 Å². The van der Waals surface area contributed by atoms with Gasteiger partial charge in [-0.25, -0.2) is 4.98 Å². The third-order valence-corrected chi connectivity index (χ3v) is 4.29. The monoisotopic (exact) mass is 337 g/mol. The predicted molar refractivity (Wildman–Crippen MR) is 106 cm³/mol. The Morgan fingerprint density at radius 3 is 1.58 bits per heavy atom. The molecule has 0 radical (unpaired) electrons. The maximum Gasteiger partial charge on any atom is 0.0900 e. The largest absolute Gasteiger partial charge is 0.255 e. The minimum absolute atomic E-state index is 0.855. The van der Waals surface area contributed by atoms with Crippen molar-refractivity contribution in [3.05, 3.63) is 90.3 Å². The highest BCUT2D eigenvalue weighted by Crippen LogP contribution is 2.29. The summed E-state index contributed by atoms with van der Waals surface area (Å²) >= 11 is 0. The zero-order valence-corrected chi connectivity index (χ0v) is 14.8. The number of pyridine rings is 3. The second-order valence-corrected chi connectivity index (χ2v) is 6.43. The SMILES string of the molecule is Cc1ccnc(-c2cc(-c3ccccc3)cc(-c3cc(C)ccn3)n2)c1. The normalized spacial score (nSPS) is 10.7. The molecule has 0 N–H and O–H groups in total. The molecule has 0 aliphatic rings. The van der Waals surface area contributed by atoms with Crippen molar-refractivity contribution in [1.29, 1.82) is 0 Å². The van der Waals surface area contributed by atoms with E-state index in [1.54, 1.807) is 0 Å². The van der Waals surface area contributed by atoms with Crippen LogP contribution in [0.5, 0.6) is 0 Å². The smallest absolute Gasteiger partial charge is 0.0900 e. The van der Waals surface area contributed by atoms with Gasteiger partial charge in [0, 0.05) is 12.4 Å². The first-order valence-corrected chi connectivity index (χ1v) is 8.62. The first kappa shape index (κ1) is 16.2. The van der Waals surface area contributed by atoms with Crippen molar-refractivity contribution in [3.8, 4) is 33.9 Å². The van der Waals surface area contributed by atoms with E-state index in [0.717, 1.165) is 45.0 Å². The fourth-order valence-electron chi connectivity index (χ4n) is 2.94. The lowest BCUT2D eigenvalue weighted by molar-refractivity contribution is 1.20. The molecule has 4 rings (SSSR count). The van der Waals surface area contributed by atoms with E-state index in [-0.39, 0.29) is 0 Å². The van der Waals surface area contributed by atoms with Crippen molar-refractivity contribution in [2.24, 2.45) is 0 Å². The molecule has 0 aliphatic heterocycles. The molecule has 0 unspecified atom stereocenters. The van der Waals surface area contributed by atoms with Gasteiger partial charge in [-0.1, -0.05) is 30.3 Å². The van der Waals surface area contributed by atoms with Crippen molar-refractivity contribution in [3.63, 3.8) is 0 Å². The second kappa shape index (κ2) is 6.89. The van der Waals surface area contributed by atoms with Crippen LogP contribution in [0.2, 0.25) is 0 Å². The van der Waals surface area contributed by atoms with Gasteiger partial charge < -0.3 is 0 Å². The van der Waals surface area contributed by atoms with E-state index >= 15 is 0 Å². The highest BCUT2D eigenvalue weighted by Gasteiger charge is 2.10. The van der Waals surface area contributed by atoms with Crippen LogP contribution in [0.3, 0.4) is 0 Å². The maximum atomic E-state index is 4.86. The molecule has 0 fully saturated rings. The summed E-state index contributed by atoms with van der Waals surface area (Å²) in [5, 5.41) is 0. The molecule has 26 heavy (non-hydrogen) atoms. The summed E-state index contributed by atoms with van der Waals surface area (Å²) in [6.07, 6.45) is 3.65. The third kappa shape index (κ3) is 3.38. The number of aryl methyl sites for hydroxylation is 2. The standard InChI is InChI=1S/C23H19N3/c1-16-8-10-24-20(12-16)22-14-19(18-6-4-3-5-7-18)15-23(26-22)21-13-17(2)9-11-25-21/h3-15H,1-2H3. The van der Waals surface area contributed by atoms with Gasteiger partial charge in [-0.15, -0.1) is 0 Å². The Labute approximate surface area is 153 Å². The van der Waals surface area contributed by atoms with E-state index < -0.39 is 0 Å². The third-order valence-electron chi connectivity index (χ3n) is 4.29. The fraction of sp³-hybridized carbons (Fsp3) is 0.0870. The molecule has 0 saturated heterocycles. The molecule has 4 aromatic rings. The van der Waals surface area contributed by atoms with Gasteiger partial charge in [-0.2, -0.15) is 0 Å². The molecule has 3 heteroatoms. The van der Waals surface area contributed by atoms with Crippen molar-refractivity contribution in [2.45, 2.75) is 13.8 Å². The maximum absolute atomic E-state index is 4.86. The van der Waals surface area contributed by atoms with Gasteiger partial charge in [0.05, 0.1) is 22.8 Å². The van der Waals surface area contributed by atoms with Crippen LogP contribution >= 0.6 is 0 Å². The highest BCUT2D eigenvalue weighted by molar-refractivity contribution is 5.74. The summed E-state index contributed by atoms with van der Waals surface area (Å²) in [4.78, 5) is 13.9. The Kier molecular flexibility index (Phi) is 4.28. The Hall–Kier alpha value is -3.33. The highest BCUT2D eigenvalue weighted by atomic mass is 14.8. The molecule has 3 aromatic heterocycles. The number of rotatable bonds is 3. The summed E-state index contributed by atoms with van der Waals surface area (Å²) in [5.74, 6) is 0. The molecule has 3 nitrogen and oxygen atoms in total. The van der Waals surface area contributed by atoms with Crippen LogP contribution in [-0.2, 0) is 0 Å². The molecule has 0 aliphatic carbocycles. The van der Waals surface area contributed by atoms with Crippen molar-refractivity contribution in [1.82, 2.24) is 15.0 Å². The summed E-state index contributed by atoms with van der Waals surface area (Å²) in [5.41, 5.74) is 8.04. The van der Waals surface area contributed by atoms with Gasteiger partial charge in [0.15, 0.2) is 0 Å². The number of benzene rings is 1. The van der Waals surface area contributed by atoms with Crippen molar-refractivity contribution < 1.29 is 0 Å². The molecule has 0 atom stereocenters. The summed E-state index contributed by atoms with van der Waals surface area (Å²) in [7, 11) is 0. The zero-order chi connectivity index (χ0) is 17.9. The zero-order valence-electron chi connectivity index (χ0n) is 14.8. The number of nitrogens with zero attached hydrogens (tertiary/aromatic N) is 3. The molecular weight excluding hydrogens is 318 g/mol. The topological polar surface area (TPSA) is 38.7 Å². The van der Waals surface area contributed by atoms with E-state index in [4.69, 9.17) is 4.98 Å². The second-order valence-electron chi connectivity index (χ2n) is 6.43. The van der Waals surface area contributed by atoms with Crippen molar-refractivity contribution in [2.75, 3.05) is 0 Å². The van der Waals surface area contributed by atoms with Gasteiger partial charge in [0.1, 0.15) is 0 Å². The Morgan fingerprint density at radius 1 is 0.538 bits per heavy atom. The minimum Gasteiger partial charge on any atom is -0.255 e. The molecule has 0 spiro atoms. The van der Waals surface area contributed by atoms with Crippen LogP contribution in [0.1, 0.15) is 11.1 Å². The Bertz CT molecular complexity index is 992. The van der Waals surface area contributed by atoms with Gasteiger partial charge in [0.25, 0.3) is 0 Å². The number of hydrogen-bond acceptors (Lipinski definition) is 3. The lowest BCUT2D eigenvalue weighted by Gasteiger charge is -2.10. The molecule has 126 valence electrons. The van der Waals surface area contributed by atoms with Crippen molar-refractivity contribution >= 4 is 0 Å². The quantitative estimate of drug-likeness (QED) is 0.496. The van der Waals surface area contributed by atoms with E-state index in [2.05, 4.69) is 60.2 Å². The first-order valence-electron chi connectivity index (χ1n) is 8.62. The average Bonchev–Trinajstić information content (AvgIpc) is 2.68. The van der Waals surface area contributed by atoms with Crippen LogP contribution in [0.25, 0.3) is 33.9 Å². The summed E-state index contributed by atoms with van der Waals surface area (Å²) in [6, 6.07) is 22.6. The van der Waals surface area contributed by atoms with Gasteiger partial charge in [-0.3, -0.25) is 9.97 Å². The molecule has 0 bridgehead atoms. The Morgan fingerprint density at radius 2 is 1.08 bits per heavy atom. The van der Waals surface area contributed by atoms with Crippen LogP contribution < -0.4 is 0 Å². The number of aromatic nitrogens is 3. The van der Waals surface area contributed by atoms with Crippen LogP contribution in [0.15, 0.2) is 79.1 Å². The minimum atomic E-state index is 0.855. The predicted octanol–water partition coefficient (Wildman–Crippen LogP) is 5.49. The molecule has 1 aromatic carbocycles. The molecule has 0 amide bonds.